The number of nitrogens with zero attached hydrogens (tertiary/aromatic N) is 3. The number of aromatic nitrogens is 2. The van der Waals surface area contributed by atoms with E-state index in [0.717, 1.165) is 5.56 Å². The lowest BCUT2D eigenvalue weighted by molar-refractivity contribution is 0.0927. The molecule has 2 N–H and O–H groups in total. The molecule has 0 fully saturated rings. The number of amides is 2. The first-order chi connectivity index (χ1) is 13.1. The van der Waals surface area contributed by atoms with Gasteiger partial charge in [-0.05, 0) is 30.3 Å². The molecule has 0 unspecified atom stereocenters. The molecule has 0 spiro atoms. The minimum Gasteiger partial charge on any atom is -0.335 e. The molecule has 0 radical (unpaired) electrons. The Morgan fingerprint density at radius 3 is 2.63 bits per heavy atom. The van der Waals surface area contributed by atoms with Gasteiger partial charge in [-0.2, -0.15) is 0 Å². The van der Waals surface area contributed by atoms with Gasteiger partial charge in [-0.25, -0.2) is 4.98 Å². The molecule has 7 heteroatoms. The number of hydrogen-bond acceptors (Lipinski definition) is 5. The molecule has 2 amide bonds. The summed E-state index contributed by atoms with van der Waals surface area (Å²) in [6.07, 6.45) is 2.76. The van der Waals surface area contributed by atoms with Gasteiger partial charge in [0.05, 0.1) is 5.56 Å². The summed E-state index contributed by atoms with van der Waals surface area (Å²) in [5.41, 5.74) is 2.20. The summed E-state index contributed by atoms with van der Waals surface area (Å²) < 4.78 is 0. The zero-order valence-electron chi connectivity index (χ0n) is 14.6. The van der Waals surface area contributed by atoms with E-state index in [1.165, 1.54) is 0 Å². The van der Waals surface area contributed by atoms with Crippen molar-refractivity contribution in [2.75, 3.05) is 17.3 Å². The van der Waals surface area contributed by atoms with Crippen molar-refractivity contribution in [2.45, 2.75) is 6.17 Å². The van der Waals surface area contributed by atoms with Crippen molar-refractivity contribution in [3.63, 3.8) is 0 Å². The van der Waals surface area contributed by atoms with E-state index < -0.39 is 6.17 Å². The number of hydrogen-bond donors (Lipinski definition) is 2. The molecular formula is C20H17N5O2. The van der Waals surface area contributed by atoms with Crippen LogP contribution < -0.4 is 15.5 Å². The van der Waals surface area contributed by atoms with E-state index in [1.54, 1.807) is 48.8 Å². The molecule has 1 aliphatic heterocycles. The Balaban J connectivity index is 1.68. The summed E-state index contributed by atoms with van der Waals surface area (Å²) in [5, 5.41) is 5.86. The van der Waals surface area contributed by atoms with Crippen molar-refractivity contribution in [3.8, 4) is 0 Å². The van der Waals surface area contributed by atoms with Gasteiger partial charge in [-0.3, -0.25) is 14.6 Å². The molecule has 134 valence electrons. The Kier molecular flexibility index (Phi) is 4.25. The van der Waals surface area contributed by atoms with Crippen LogP contribution in [0.5, 0.6) is 0 Å². The predicted octanol–water partition coefficient (Wildman–Crippen LogP) is 2.61. The van der Waals surface area contributed by atoms with Gasteiger partial charge in [0.15, 0.2) is 0 Å². The largest absolute Gasteiger partial charge is 0.335 e. The molecule has 0 saturated heterocycles. The van der Waals surface area contributed by atoms with Crippen LogP contribution in [0.4, 0.5) is 11.5 Å². The van der Waals surface area contributed by atoms with Gasteiger partial charge in [0.25, 0.3) is 11.8 Å². The van der Waals surface area contributed by atoms with Gasteiger partial charge >= 0.3 is 0 Å². The maximum atomic E-state index is 12.5. The summed E-state index contributed by atoms with van der Waals surface area (Å²) in [6.45, 7) is 0. The SMILES string of the molecule is CN1c2ncccc2C(=O)N[C@H]1c1ccccc1NC(=O)c1ccccn1. The van der Waals surface area contributed by atoms with Gasteiger partial charge in [-0.15, -0.1) is 0 Å². The molecule has 7 nitrogen and oxygen atoms in total. The molecule has 27 heavy (non-hydrogen) atoms. The molecule has 0 saturated carbocycles. The van der Waals surface area contributed by atoms with Gasteiger partial charge in [0.2, 0.25) is 0 Å². The Bertz CT molecular complexity index is 1010. The third kappa shape index (κ3) is 3.10. The number of anilines is 2. The van der Waals surface area contributed by atoms with Crippen LogP contribution in [0.3, 0.4) is 0 Å². The maximum Gasteiger partial charge on any atom is 0.274 e. The number of nitrogens with one attached hydrogen (secondary N) is 2. The second kappa shape index (κ2) is 6.87. The van der Waals surface area contributed by atoms with E-state index in [9.17, 15) is 9.59 Å². The van der Waals surface area contributed by atoms with Crippen LogP contribution in [0, 0.1) is 0 Å². The third-order valence-electron chi connectivity index (χ3n) is 4.42. The number of carbonyl (C=O) groups is 2. The molecule has 0 aliphatic carbocycles. The average Bonchev–Trinajstić information content (AvgIpc) is 2.72. The fourth-order valence-electron chi connectivity index (χ4n) is 3.10. The summed E-state index contributed by atoms with van der Waals surface area (Å²) in [7, 11) is 1.85. The standard InChI is InChI=1S/C20H17N5O2/c1-25-17-14(8-6-12-22-17)19(26)24-18(25)13-7-2-3-9-15(13)23-20(27)16-10-4-5-11-21-16/h2-12,18H,1H3,(H,23,27)(H,24,26)/t18-/m1/s1. The van der Waals surface area contributed by atoms with Crippen LogP contribution in [0.1, 0.15) is 32.6 Å². The lowest BCUT2D eigenvalue weighted by atomic mass is 10.0. The fraction of sp³-hybridized carbons (Fsp3) is 0.100. The molecule has 4 rings (SSSR count). The Labute approximate surface area is 156 Å². The Morgan fingerprint density at radius 2 is 1.81 bits per heavy atom. The summed E-state index contributed by atoms with van der Waals surface area (Å²) >= 11 is 0. The first kappa shape index (κ1) is 16.7. The molecule has 3 aromatic rings. The van der Waals surface area contributed by atoms with Crippen molar-refractivity contribution in [2.24, 2.45) is 0 Å². The number of carbonyl (C=O) groups excluding carboxylic acids is 2. The molecule has 0 bridgehead atoms. The summed E-state index contributed by atoms with van der Waals surface area (Å²) in [5.74, 6) is 0.0792. The second-order valence-electron chi connectivity index (χ2n) is 6.12. The lowest BCUT2D eigenvalue weighted by Crippen LogP contribution is -2.45. The zero-order chi connectivity index (χ0) is 18.8. The van der Waals surface area contributed by atoms with Crippen molar-refractivity contribution < 1.29 is 9.59 Å². The van der Waals surface area contributed by atoms with Crippen molar-refractivity contribution in [1.82, 2.24) is 15.3 Å². The van der Waals surface area contributed by atoms with E-state index in [2.05, 4.69) is 20.6 Å². The molecule has 3 heterocycles. The molecular weight excluding hydrogens is 342 g/mol. The highest BCUT2D eigenvalue weighted by Crippen LogP contribution is 2.33. The number of pyridine rings is 2. The van der Waals surface area contributed by atoms with E-state index in [4.69, 9.17) is 0 Å². The molecule has 1 aliphatic rings. The van der Waals surface area contributed by atoms with E-state index >= 15 is 0 Å². The quantitative estimate of drug-likeness (QED) is 0.751. The van der Waals surface area contributed by atoms with E-state index in [-0.39, 0.29) is 11.8 Å². The first-order valence-corrected chi connectivity index (χ1v) is 8.45. The Hall–Kier alpha value is -3.74. The van der Waals surface area contributed by atoms with Crippen LogP contribution in [-0.4, -0.2) is 28.8 Å². The third-order valence-corrected chi connectivity index (χ3v) is 4.42. The minimum atomic E-state index is -0.458. The highest BCUT2D eigenvalue weighted by Gasteiger charge is 2.31. The molecule has 2 aromatic heterocycles. The molecule has 1 atom stereocenters. The van der Waals surface area contributed by atoms with E-state index in [1.807, 2.05) is 30.1 Å². The molecule has 1 aromatic carbocycles. The predicted molar refractivity (Wildman–Crippen MR) is 101 cm³/mol. The first-order valence-electron chi connectivity index (χ1n) is 8.45. The van der Waals surface area contributed by atoms with Crippen molar-refractivity contribution >= 4 is 23.3 Å². The number of para-hydroxylation sites is 1. The highest BCUT2D eigenvalue weighted by molar-refractivity contribution is 6.04. The van der Waals surface area contributed by atoms with Crippen molar-refractivity contribution in [1.29, 1.82) is 0 Å². The minimum absolute atomic E-state index is 0.202. The number of fused-ring (bicyclic) bond motifs is 1. The summed E-state index contributed by atoms with van der Waals surface area (Å²) in [4.78, 5) is 35.3. The zero-order valence-corrected chi connectivity index (χ0v) is 14.6. The van der Waals surface area contributed by atoms with Crippen LogP contribution in [0.15, 0.2) is 67.0 Å². The monoisotopic (exact) mass is 359 g/mol. The van der Waals surface area contributed by atoms with Gasteiger partial charge in [0.1, 0.15) is 17.7 Å². The average molecular weight is 359 g/mol. The topological polar surface area (TPSA) is 87.2 Å². The number of benzene rings is 1. The van der Waals surface area contributed by atoms with Gasteiger partial charge in [0, 0.05) is 30.7 Å². The van der Waals surface area contributed by atoms with Crippen LogP contribution in [0.25, 0.3) is 0 Å². The van der Waals surface area contributed by atoms with Crippen LogP contribution >= 0.6 is 0 Å². The fourth-order valence-corrected chi connectivity index (χ4v) is 3.10. The summed E-state index contributed by atoms with van der Waals surface area (Å²) in [6, 6.07) is 16.0. The van der Waals surface area contributed by atoms with E-state index in [0.29, 0.717) is 22.8 Å². The second-order valence-corrected chi connectivity index (χ2v) is 6.12. The van der Waals surface area contributed by atoms with Gasteiger partial charge < -0.3 is 15.5 Å². The van der Waals surface area contributed by atoms with Crippen molar-refractivity contribution in [3.05, 3.63) is 83.8 Å². The normalized spacial score (nSPS) is 15.7. The highest BCUT2D eigenvalue weighted by atomic mass is 16.2. The smallest absolute Gasteiger partial charge is 0.274 e. The maximum absolute atomic E-state index is 12.5. The Morgan fingerprint density at radius 1 is 1.04 bits per heavy atom. The lowest BCUT2D eigenvalue weighted by Gasteiger charge is -2.36. The van der Waals surface area contributed by atoms with Gasteiger partial charge in [-0.1, -0.05) is 24.3 Å². The van der Waals surface area contributed by atoms with Crippen LogP contribution in [0.2, 0.25) is 0 Å². The number of rotatable bonds is 3. The van der Waals surface area contributed by atoms with Crippen LogP contribution in [-0.2, 0) is 0 Å².